The molecule has 1 unspecified atom stereocenters. The number of aromatic nitrogens is 2. The standard InChI is InChI=1S/C16H17N3O5/c1-4-24-11(20)6-10-14(21)18-12-8(3)7(2)5-9-13(12)19(10)16(23)15(22)17-9/h5,10H,4,6H2,1-3H3,(H,17,22)(H,18,21). The molecule has 1 amide bonds. The van der Waals surface area contributed by atoms with Crippen LogP contribution in [0, 0.1) is 13.8 Å². The summed E-state index contributed by atoms with van der Waals surface area (Å²) in [7, 11) is 0. The van der Waals surface area contributed by atoms with Gasteiger partial charge in [0, 0.05) is 0 Å². The second-order valence-electron chi connectivity index (χ2n) is 5.73. The molecule has 0 bridgehead atoms. The lowest BCUT2D eigenvalue weighted by Gasteiger charge is -2.28. The van der Waals surface area contributed by atoms with Crippen molar-refractivity contribution >= 4 is 28.6 Å². The molecule has 24 heavy (non-hydrogen) atoms. The van der Waals surface area contributed by atoms with Crippen molar-refractivity contribution in [3.63, 3.8) is 0 Å². The summed E-state index contributed by atoms with van der Waals surface area (Å²) in [5.41, 5.74) is 1.29. The Morgan fingerprint density at radius 2 is 2.00 bits per heavy atom. The Morgan fingerprint density at radius 1 is 1.29 bits per heavy atom. The van der Waals surface area contributed by atoms with Gasteiger partial charge in [0.05, 0.1) is 29.7 Å². The van der Waals surface area contributed by atoms with Gasteiger partial charge in [-0.25, -0.2) is 0 Å². The van der Waals surface area contributed by atoms with Crippen LogP contribution in [0.15, 0.2) is 15.7 Å². The molecule has 1 aliphatic rings. The number of hydrogen-bond donors (Lipinski definition) is 2. The lowest BCUT2D eigenvalue weighted by Crippen LogP contribution is -2.45. The number of nitrogens with zero attached hydrogens (tertiary/aromatic N) is 1. The molecule has 1 atom stereocenters. The number of esters is 1. The number of carbonyl (C=O) groups is 2. The Balaban J connectivity index is 2.33. The third kappa shape index (κ3) is 2.31. The van der Waals surface area contributed by atoms with Gasteiger partial charge in [0.2, 0.25) is 5.91 Å². The molecule has 0 aliphatic carbocycles. The maximum atomic E-state index is 12.5. The van der Waals surface area contributed by atoms with E-state index in [-0.39, 0.29) is 13.0 Å². The molecule has 1 aromatic heterocycles. The second-order valence-corrected chi connectivity index (χ2v) is 5.73. The number of amides is 1. The van der Waals surface area contributed by atoms with Crippen LogP contribution in [-0.2, 0) is 14.3 Å². The molecular formula is C16H17N3O5. The first-order valence-corrected chi connectivity index (χ1v) is 7.60. The summed E-state index contributed by atoms with van der Waals surface area (Å²) in [6, 6.07) is 0.626. The van der Waals surface area contributed by atoms with Crippen molar-refractivity contribution in [3.8, 4) is 0 Å². The summed E-state index contributed by atoms with van der Waals surface area (Å²) in [5, 5.41) is 2.75. The maximum absolute atomic E-state index is 12.5. The number of aryl methyl sites for hydroxylation is 1. The number of ether oxygens (including phenoxy) is 1. The number of nitrogens with one attached hydrogen (secondary N) is 2. The summed E-state index contributed by atoms with van der Waals surface area (Å²) < 4.78 is 5.97. The first kappa shape index (κ1) is 16.0. The molecule has 2 aromatic rings. The van der Waals surface area contributed by atoms with E-state index in [0.29, 0.717) is 16.7 Å². The second kappa shape index (κ2) is 5.63. The van der Waals surface area contributed by atoms with E-state index >= 15 is 0 Å². The van der Waals surface area contributed by atoms with E-state index in [2.05, 4.69) is 10.3 Å². The molecule has 2 N–H and O–H groups in total. The highest BCUT2D eigenvalue weighted by Gasteiger charge is 2.33. The smallest absolute Gasteiger partial charge is 0.317 e. The van der Waals surface area contributed by atoms with E-state index in [4.69, 9.17) is 4.74 Å². The number of anilines is 1. The number of H-pyrrole nitrogens is 1. The van der Waals surface area contributed by atoms with Crippen LogP contribution in [0.2, 0.25) is 0 Å². The minimum atomic E-state index is -1.11. The Hall–Kier alpha value is -2.90. The van der Waals surface area contributed by atoms with Crippen LogP contribution in [0.4, 0.5) is 5.69 Å². The molecular weight excluding hydrogens is 314 g/mol. The topological polar surface area (TPSA) is 110 Å². The van der Waals surface area contributed by atoms with Crippen LogP contribution < -0.4 is 16.4 Å². The van der Waals surface area contributed by atoms with Crippen molar-refractivity contribution in [3.05, 3.63) is 37.9 Å². The van der Waals surface area contributed by atoms with Crippen molar-refractivity contribution in [2.45, 2.75) is 33.2 Å². The van der Waals surface area contributed by atoms with E-state index in [1.807, 2.05) is 13.8 Å². The molecule has 0 saturated carbocycles. The molecule has 0 fully saturated rings. The van der Waals surface area contributed by atoms with Gasteiger partial charge in [-0.15, -0.1) is 0 Å². The molecule has 0 saturated heterocycles. The van der Waals surface area contributed by atoms with Crippen molar-refractivity contribution in [2.24, 2.45) is 0 Å². The lowest BCUT2D eigenvalue weighted by molar-refractivity contribution is -0.145. The fourth-order valence-electron chi connectivity index (χ4n) is 2.97. The molecule has 0 spiro atoms. The van der Waals surface area contributed by atoms with E-state index in [1.165, 1.54) is 0 Å². The van der Waals surface area contributed by atoms with Gasteiger partial charge >= 0.3 is 17.1 Å². The van der Waals surface area contributed by atoms with Gasteiger partial charge in [-0.3, -0.25) is 23.7 Å². The van der Waals surface area contributed by atoms with Gasteiger partial charge < -0.3 is 15.0 Å². The number of rotatable bonds is 3. The fraction of sp³-hybridized carbons (Fsp3) is 0.375. The number of aromatic amines is 1. The van der Waals surface area contributed by atoms with Crippen LogP contribution in [0.25, 0.3) is 11.0 Å². The van der Waals surface area contributed by atoms with E-state index in [0.717, 1.165) is 15.7 Å². The summed E-state index contributed by atoms with van der Waals surface area (Å²) in [5.74, 6) is -1.12. The Morgan fingerprint density at radius 3 is 2.67 bits per heavy atom. The molecule has 1 aliphatic heterocycles. The molecule has 2 heterocycles. The lowest BCUT2D eigenvalue weighted by atomic mass is 10.0. The molecule has 126 valence electrons. The minimum Gasteiger partial charge on any atom is -0.466 e. The Bertz CT molecular complexity index is 986. The third-order valence-electron chi connectivity index (χ3n) is 4.25. The van der Waals surface area contributed by atoms with Gasteiger partial charge in [-0.1, -0.05) is 0 Å². The highest BCUT2D eigenvalue weighted by atomic mass is 16.5. The summed E-state index contributed by atoms with van der Waals surface area (Å²) >= 11 is 0. The van der Waals surface area contributed by atoms with Crippen LogP contribution in [0.5, 0.6) is 0 Å². The number of carbonyl (C=O) groups excluding carboxylic acids is 2. The minimum absolute atomic E-state index is 0.168. The average molecular weight is 331 g/mol. The summed E-state index contributed by atoms with van der Waals surface area (Å²) in [4.78, 5) is 51.2. The van der Waals surface area contributed by atoms with Crippen LogP contribution >= 0.6 is 0 Å². The fourth-order valence-corrected chi connectivity index (χ4v) is 2.97. The zero-order chi connectivity index (χ0) is 17.6. The predicted molar refractivity (Wildman–Crippen MR) is 87.2 cm³/mol. The zero-order valence-corrected chi connectivity index (χ0v) is 13.6. The SMILES string of the molecule is CCOC(=O)CC1C(=O)Nc2c(C)c(C)cc3[nH]c(=O)c(=O)n1c23. The Labute approximate surface area is 136 Å². The largest absolute Gasteiger partial charge is 0.466 e. The molecule has 0 radical (unpaired) electrons. The van der Waals surface area contributed by atoms with Gasteiger partial charge in [0.15, 0.2) is 0 Å². The average Bonchev–Trinajstić information content (AvgIpc) is 2.52. The highest BCUT2D eigenvalue weighted by Crippen LogP contribution is 2.34. The molecule has 8 heteroatoms. The molecule has 1 aromatic carbocycles. The predicted octanol–water partition coefficient (Wildman–Crippen LogP) is 0.753. The third-order valence-corrected chi connectivity index (χ3v) is 4.25. The first-order valence-electron chi connectivity index (χ1n) is 7.60. The number of hydrogen-bond acceptors (Lipinski definition) is 5. The van der Waals surface area contributed by atoms with Crippen molar-refractivity contribution in [2.75, 3.05) is 11.9 Å². The quantitative estimate of drug-likeness (QED) is 0.637. The monoisotopic (exact) mass is 331 g/mol. The maximum Gasteiger partial charge on any atom is 0.317 e. The van der Waals surface area contributed by atoms with Gasteiger partial charge in [-0.05, 0) is 38.0 Å². The summed E-state index contributed by atoms with van der Waals surface area (Å²) in [6.07, 6.45) is -0.315. The normalized spacial score (nSPS) is 16.1. The zero-order valence-electron chi connectivity index (χ0n) is 13.6. The van der Waals surface area contributed by atoms with E-state index in [1.54, 1.807) is 13.0 Å². The van der Waals surface area contributed by atoms with Gasteiger partial charge in [0.1, 0.15) is 6.04 Å². The van der Waals surface area contributed by atoms with Crippen LogP contribution in [0.3, 0.4) is 0 Å². The van der Waals surface area contributed by atoms with Crippen LogP contribution in [0.1, 0.15) is 30.5 Å². The van der Waals surface area contributed by atoms with Gasteiger partial charge in [-0.2, -0.15) is 0 Å². The van der Waals surface area contributed by atoms with E-state index < -0.39 is 29.0 Å². The molecule has 8 nitrogen and oxygen atoms in total. The summed E-state index contributed by atoms with van der Waals surface area (Å²) in [6.45, 7) is 5.48. The molecule has 3 rings (SSSR count). The van der Waals surface area contributed by atoms with Crippen LogP contribution in [-0.4, -0.2) is 28.0 Å². The van der Waals surface area contributed by atoms with Crippen molar-refractivity contribution < 1.29 is 14.3 Å². The van der Waals surface area contributed by atoms with E-state index in [9.17, 15) is 19.2 Å². The van der Waals surface area contributed by atoms with Crippen molar-refractivity contribution in [1.29, 1.82) is 0 Å². The Kier molecular flexibility index (Phi) is 3.75. The highest BCUT2D eigenvalue weighted by molar-refractivity contribution is 6.07. The number of benzene rings is 1. The first-order chi connectivity index (χ1) is 11.3. The van der Waals surface area contributed by atoms with Crippen molar-refractivity contribution in [1.82, 2.24) is 9.55 Å². The van der Waals surface area contributed by atoms with Gasteiger partial charge in [0.25, 0.3) is 0 Å².